The van der Waals surface area contributed by atoms with Crippen LogP contribution in [0.1, 0.15) is 22.9 Å². The van der Waals surface area contributed by atoms with Crippen LogP contribution >= 0.6 is 0 Å². The topological polar surface area (TPSA) is 80.5 Å². The largest absolute Gasteiger partial charge is 0.381 e. The Morgan fingerprint density at radius 3 is 3.11 bits per heavy atom. The van der Waals surface area contributed by atoms with Crippen LogP contribution in [0.3, 0.4) is 0 Å². The van der Waals surface area contributed by atoms with Gasteiger partial charge in [0.15, 0.2) is 0 Å². The van der Waals surface area contributed by atoms with Gasteiger partial charge in [0.25, 0.3) is 11.7 Å². The Hall–Kier alpha value is -1.47. The Labute approximate surface area is 105 Å². The van der Waals surface area contributed by atoms with E-state index >= 15 is 0 Å². The number of amides is 1. The van der Waals surface area contributed by atoms with Crippen LogP contribution in [-0.4, -0.2) is 54.8 Å². The van der Waals surface area contributed by atoms with Crippen molar-refractivity contribution in [3.8, 4) is 0 Å². The first-order valence-electron chi connectivity index (χ1n) is 6.00. The number of nitrogens with zero attached hydrogens (tertiary/aromatic N) is 3. The molecule has 0 saturated carbocycles. The van der Waals surface area contributed by atoms with Crippen molar-refractivity contribution >= 4 is 5.91 Å². The van der Waals surface area contributed by atoms with E-state index in [0.29, 0.717) is 18.4 Å². The monoisotopic (exact) mass is 254 g/mol. The van der Waals surface area contributed by atoms with Gasteiger partial charge in [-0.15, -0.1) is 0 Å². The van der Waals surface area contributed by atoms with Crippen LogP contribution < -0.4 is 5.32 Å². The van der Waals surface area contributed by atoms with Gasteiger partial charge in [-0.25, -0.2) is 0 Å². The van der Waals surface area contributed by atoms with Crippen molar-refractivity contribution in [2.45, 2.75) is 13.0 Å². The summed E-state index contributed by atoms with van der Waals surface area (Å²) in [5.41, 5.74) is 0. The maximum Gasteiger partial charge on any atom is 0.292 e. The highest BCUT2D eigenvalue weighted by molar-refractivity contribution is 5.89. The number of ether oxygens (including phenoxy) is 1. The predicted molar refractivity (Wildman–Crippen MR) is 62.9 cm³/mol. The first kappa shape index (κ1) is 13.0. The minimum atomic E-state index is -0.336. The maximum atomic E-state index is 11.3. The van der Waals surface area contributed by atoms with Crippen molar-refractivity contribution in [3.05, 3.63) is 11.7 Å². The van der Waals surface area contributed by atoms with E-state index in [9.17, 15) is 4.79 Å². The second-order valence-electron chi connectivity index (χ2n) is 4.52. The molecule has 0 aromatic carbocycles. The van der Waals surface area contributed by atoms with E-state index in [1.165, 1.54) is 7.05 Å². The number of nitrogens with one attached hydrogen (secondary N) is 1. The first-order valence-corrected chi connectivity index (χ1v) is 6.00. The van der Waals surface area contributed by atoms with Crippen LogP contribution in [0, 0.1) is 5.92 Å². The molecule has 1 saturated heterocycles. The molecule has 0 spiro atoms. The molecule has 1 N–H and O–H groups in total. The van der Waals surface area contributed by atoms with E-state index in [4.69, 9.17) is 9.26 Å². The standard InChI is InChI=1S/C11H18N4O3/c1-12-11(16)10-13-9(18-14-10)6-15(2)5-8-3-4-17-7-8/h8H,3-7H2,1-2H3,(H,12,16). The fourth-order valence-electron chi connectivity index (χ4n) is 1.99. The van der Waals surface area contributed by atoms with Crippen LogP contribution in [0.4, 0.5) is 0 Å². The van der Waals surface area contributed by atoms with E-state index in [2.05, 4.69) is 20.4 Å². The number of hydrogen-bond donors (Lipinski definition) is 1. The Kier molecular flexibility index (Phi) is 4.27. The molecule has 7 heteroatoms. The molecule has 1 atom stereocenters. The third kappa shape index (κ3) is 3.27. The summed E-state index contributed by atoms with van der Waals surface area (Å²) in [6.07, 6.45) is 1.09. The summed E-state index contributed by atoms with van der Waals surface area (Å²) in [5.74, 6) is 0.758. The van der Waals surface area contributed by atoms with Crippen molar-refractivity contribution in [2.75, 3.05) is 33.9 Å². The first-order chi connectivity index (χ1) is 8.69. The molecule has 1 aliphatic heterocycles. The van der Waals surface area contributed by atoms with Gasteiger partial charge < -0.3 is 14.6 Å². The van der Waals surface area contributed by atoms with Crippen LogP contribution in [-0.2, 0) is 11.3 Å². The molecule has 0 aliphatic carbocycles. The SMILES string of the molecule is CNC(=O)c1noc(CN(C)CC2CCOC2)n1. The summed E-state index contributed by atoms with van der Waals surface area (Å²) in [7, 11) is 3.52. The fourth-order valence-corrected chi connectivity index (χ4v) is 1.99. The zero-order valence-corrected chi connectivity index (χ0v) is 10.7. The summed E-state index contributed by atoms with van der Waals surface area (Å²) in [4.78, 5) is 17.4. The van der Waals surface area contributed by atoms with Crippen molar-refractivity contribution in [2.24, 2.45) is 5.92 Å². The van der Waals surface area contributed by atoms with E-state index in [-0.39, 0.29) is 11.7 Å². The summed E-state index contributed by atoms with van der Waals surface area (Å²) in [5, 5.41) is 6.07. The molecule has 100 valence electrons. The molecule has 2 rings (SSSR count). The lowest BCUT2D eigenvalue weighted by Crippen LogP contribution is -2.26. The van der Waals surface area contributed by atoms with Gasteiger partial charge in [0, 0.05) is 20.2 Å². The molecule has 1 fully saturated rings. The van der Waals surface area contributed by atoms with Crippen LogP contribution in [0.25, 0.3) is 0 Å². The summed E-state index contributed by atoms with van der Waals surface area (Å²) >= 11 is 0. The van der Waals surface area contributed by atoms with Crippen molar-refractivity contribution in [1.29, 1.82) is 0 Å². The van der Waals surface area contributed by atoms with E-state index in [0.717, 1.165) is 26.2 Å². The lowest BCUT2D eigenvalue weighted by Gasteiger charge is -2.17. The van der Waals surface area contributed by atoms with Crippen molar-refractivity contribution in [3.63, 3.8) is 0 Å². The normalized spacial score (nSPS) is 19.4. The Morgan fingerprint density at radius 2 is 2.44 bits per heavy atom. The van der Waals surface area contributed by atoms with Crippen molar-refractivity contribution in [1.82, 2.24) is 20.4 Å². The fraction of sp³-hybridized carbons (Fsp3) is 0.727. The summed E-state index contributed by atoms with van der Waals surface area (Å²) in [6.45, 7) is 3.13. The lowest BCUT2D eigenvalue weighted by atomic mass is 10.1. The number of carbonyl (C=O) groups is 1. The minimum absolute atomic E-state index is 0.0742. The highest BCUT2D eigenvalue weighted by Gasteiger charge is 2.19. The van der Waals surface area contributed by atoms with Crippen molar-refractivity contribution < 1.29 is 14.1 Å². The van der Waals surface area contributed by atoms with Crippen LogP contribution in [0.15, 0.2) is 4.52 Å². The third-order valence-electron chi connectivity index (χ3n) is 2.90. The van der Waals surface area contributed by atoms with Gasteiger partial charge in [-0.3, -0.25) is 9.69 Å². The molecule has 1 aromatic rings. The molecular formula is C11H18N4O3. The molecule has 7 nitrogen and oxygen atoms in total. The number of rotatable bonds is 5. The number of hydrogen-bond acceptors (Lipinski definition) is 6. The van der Waals surface area contributed by atoms with E-state index in [1.54, 1.807) is 0 Å². The molecule has 1 amide bonds. The third-order valence-corrected chi connectivity index (χ3v) is 2.90. The molecule has 18 heavy (non-hydrogen) atoms. The lowest BCUT2D eigenvalue weighted by molar-refractivity contribution is 0.0950. The van der Waals surface area contributed by atoms with E-state index < -0.39 is 0 Å². The maximum absolute atomic E-state index is 11.3. The number of aromatic nitrogens is 2. The molecule has 0 radical (unpaired) electrons. The second kappa shape index (κ2) is 5.92. The average molecular weight is 254 g/mol. The van der Waals surface area contributed by atoms with Gasteiger partial charge in [-0.1, -0.05) is 5.16 Å². The van der Waals surface area contributed by atoms with Gasteiger partial charge in [-0.05, 0) is 19.4 Å². The smallest absolute Gasteiger partial charge is 0.292 e. The minimum Gasteiger partial charge on any atom is -0.381 e. The summed E-state index contributed by atoms with van der Waals surface area (Å²) < 4.78 is 10.4. The average Bonchev–Trinajstić information content (AvgIpc) is 2.99. The van der Waals surface area contributed by atoms with Gasteiger partial charge in [-0.2, -0.15) is 4.98 Å². The Bertz CT molecular complexity index is 401. The van der Waals surface area contributed by atoms with Gasteiger partial charge in [0.1, 0.15) is 0 Å². The predicted octanol–water partition coefficient (Wildman–Crippen LogP) is -0.102. The molecule has 1 aliphatic rings. The quantitative estimate of drug-likeness (QED) is 0.790. The Morgan fingerprint density at radius 1 is 1.61 bits per heavy atom. The van der Waals surface area contributed by atoms with E-state index in [1.807, 2.05) is 7.05 Å². The van der Waals surface area contributed by atoms with Crippen LogP contribution in [0.5, 0.6) is 0 Å². The zero-order chi connectivity index (χ0) is 13.0. The zero-order valence-electron chi connectivity index (χ0n) is 10.7. The molecule has 2 heterocycles. The second-order valence-corrected chi connectivity index (χ2v) is 4.52. The van der Waals surface area contributed by atoms with Gasteiger partial charge >= 0.3 is 0 Å². The highest BCUT2D eigenvalue weighted by Crippen LogP contribution is 2.14. The number of carbonyl (C=O) groups excluding carboxylic acids is 1. The van der Waals surface area contributed by atoms with Gasteiger partial charge in [0.05, 0.1) is 13.2 Å². The molecule has 1 unspecified atom stereocenters. The Balaban J connectivity index is 1.84. The molecular weight excluding hydrogens is 236 g/mol. The molecule has 1 aromatic heterocycles. The molecule has 0 bridgehead atoms. The summed E-state index contributed by atoms with van der Waals surface area (Å²) in [6, 6.07) is 0. The van der Waals surface area contributed by atoms with Gasteiger partial charge in [0.2, 0.25) is 5.89 Å². The van der Waals surface area contributed by atoms with Crippen LogP contribution in [0.2, 0.25) is 0 Å². The highest BCUT2D eigenvalue weighted by atomic mass is 16.5.